The van der Waals surface area contributed by atoms with Crippen LogP contribution < -0.4 is 0 Å². The minimum absolute atomic E-state index is 0.00465. The highest BCUT2D eigenvalue weighted by molar-refractivity contribution is 7.25. The first-order chi connectivity index (χ1) is 28.5. The zero-order chi connectivity index (χ0) is 40.2. The SMILES string of the molecule is CC(C)(C)c1ccc2c(c1)c1ccc3c(c4ccc(C(C)(C)C)cc4n3-c3cccc(-c4ccc5sc6ccccc6c5c4)n3)c1n2-c1cccc(-c2ccccc2)n1. The molecule has 5 aromatic heterocycles. The molecule has 0 saturated carbocycles. The molecule has 5 heteroatoms. The summed E-state index contributed by atoms with van der Waals surface area (Å²) in [5, 5.41) is 7.39. The lowest BCUT2D eigenvalue weighted by atomic mass is 9.86. The lowest BCUT2D eigenvalue weighted by Gasteiger charge is -2.19. The zero-order valence-electron chi connectivity index (χ0n) is 34.2. The second-order valence-electron chi connectivity index (χ2n) is 17.9. The average molecular weight is 781 g/mol. The monoisotopic (exact) mass is 780 g/mol. The minimum atomic E-state index is -0.0428. The highest BCUT2D eigenvalue weighted by Gasteiger charge is 2.25. The van der Waals surface area contributed by atoms with E-state index in [4.69, 9.17) is 9.97 Å². The third-order valence-electron chi connectivity index (χ3n) is 12.1. The molecule has 11 rings (SSSR count). The van der Waals surface area contributed by atoms with Crippen molar-refractivity contribution in [2.75, 3.05) is 0 Å². The van der Waals surface area contributed by atoms with Gasteiger partial charge in [-0.3, -0.25) is 9.13 Å². The lowest BCUT2D eigenvalue weighted by Crippen LogP contribution is -2.11. The van der Waals surface area contributed by atoms with Crippen LogP contribution >= 0.6 is 11.3 Å². The molecule has 0 N–H and O–H groups in total. The summed E-state index contributed by atoms with van der Waals surface area (Å²) in [5.41, 5.74) is 11.2. The largest absolute Gasteiger partial charge is 0.294 e. The lowest BCUT2D eigenvalue weighted by molar-refractivity contribution is 0.590. The number of aromatic nitrogens is 4. The van der Waals surface area contributed by atoms with E-state index in [1.54, 1.807) is 0 Å². The van der Waals surface area contributed by atoms with Gasteiger partial charge in [0.1, 0.15) is 11.6 Å². The quantitative estimate of drug-likeness (QED) is 0.178. The smallest absolute Gasteiger partial charge is 0.138 e. The average Bonchev–Trinajstić information content (AvgIpc) is 3.90. The molecule has 0 aliphatic heterocycles. The van der Waals surface area contributed by atoms with Crippen LogP contribution in [0, 0.1) is 0 Å². The van der Waals surface area contributed by atoms with Crippen molar-refractivity contribution >= 4 is 75.1 Å². The highest BCUT2D eigenvalue weighted by Crippen LogP contribution is 2.44. The van der Waals surface area contributed by atoms with E-state index < -0.39 is 0 Å². The van der Waals surface area contributed by atoms with Gasteiger partial charge < -0.3 is 0 Å². The molecular weight excluding hydrogens is 737 g/mol. The Labute approximate surface area is 348 Å². The van der Waals surface area contributed by atoms with E-state index in [1.165, 1.54) is 52.8 Å². The van der Waals surface area contributed by atoms with Crippen LogP contribution in [-0.4, -0.2) is 19.1 Å². The van der Waals surface area contributed by atoms with Crippen molar-refractivity contribution < 1.29 is 0 Å². The summed E-state index contributed by atoms with van der Waals surface area (Å²) in [6.45, 7) is 13.7. The van der Waals surface area contributed by atoms with E-state index in [2.05, 4.69) is 208 Å². The van der Waals surface area contributed by atoms with E-state index in [1.807, 2.05) is 11.3 Å². The fourth-order valence-electron chi connectivity index (χ4n) is 8.94. The Kier molecular flexibility index (Phi) is 7.83. The van der Waals surface area contributed by atoms with Crippen LogP contribution in [0.3, 0.4) is 0 Å². The maximum absolute atomic E-state index is 5.48. The van der Waals surface area contributed by atoms with Gasteiger partial charge in [0.05, 0.1) is 33.5 Å². The Bertz CT molecular complexity index is 3460. The molecule has 0 fully saturated rings. The molecule has 0 aliphatic carbocycles. The molecule has 6 aromatic carbocycles. The van der Waals surface area contributed by atoms with E-state index >= 15 is 0 Å². The van der Waals surface area contributed by atoms with Crippen molar-refractivity contribution in [1.82, 2.24) is 19.1 Å². The number of hydrogen-bond donors (Lipinski definition) is 0. The predicted molar refractivity (Wildman–Crippen MR) is 252 cm³/mol. The zero-order valence-corrected chi connectivity index (χ0v) is 35.0. The molecule has 4 nitrogen and oxygen atoms in total. The Morgan fingerprint density at radius 1 is 0.407 bits per heavy atom. The molecule has 0 atom stereocenters. The van der Waals surface area contributed by atoms with Gasteiger partial charge in [0.25, 0.3) is 0 Å². The highest BCUT2D eigenvalue weighted by atomic mass is 32.1. The maximum atomic E-state index is 5.48. The Morgan fingerprint density at radius 2 is 1.03 bits per heavy atom. The third kappa shape index (κ3) is 5.71. The van der Waals surface area contributed by atoms with Crippen LogP contribution in [0.2, 0.25) is 0 Å². The van der Waals surface area contributed by atoms with Crippen LogP contribution in [0.25, 0.3) is 97.9 Å². The molecule has 0 amide bonds. The van der Waals surface area contributed by atoms with E-state index in [0.717, 1.165) is 56.2 Å². The van der Waals surface area contributed by atoms with Crippen LogP contribution in [0.5, 0.6) is 0 Å². The fraction of sp³-hybridized carbons (Fsp3) is 0.148. The molecule has 0 radical (unpaired) electrons. The summed E-state index contributed by atoms with van der Waals surface area (Å²) >= 11 is 1.84. The van der Waals surface area contributed by atoms with Crippen molar-refractivity contribution in [2.45, 2.75) is 52.4 Å². The van der Waals surface area contributed by atoms with E-state index in [0.29, 0.717) is 0 Å². The van der Waals surface area contributed by atoms with Gasteiger partial charge in [-0.05, 0) is 88.7 Å². The minimum Gasteiger partial charge on any atom is -0.294 e. The predicted octanol–water partition coefficient (Wildman–Crippen LogP) is 15.0. The first kappa shape index (κ1) is 35.6. The summed E-state index contributed by atoms with van der Waals surface area (Å²) in [7, 11) is 0. The maximum Gasteiger partial charge on any atom is 0.138 e. The topological polar surface area (TPSA) is 35.6 Å². The van der Waals surface area contributed by atoms with Gasteiger partial charge in [0, 0.05) is 52.8 Å². The molecular formula is C54H44N4S. The fourth-order valence-corrected chi connectivity index (χ4v) is 10.0. The Morgan fingerprint density at radius 3 is 1.80 bits per heavy atom. The number of hydrogen-bond acceptors (Lipinski definition) is 3. The second kappa shape index (κ2) is 13.0. The molecule has 5 heterocycles. The molecule has 0 bridgehead atoms. The van der Waals surface area contributed by atoms with Gasteiger partial charge in [-0.1, -0.05) is 133 Å². The summed E-state index contributed by atoms with van der Waals surface area (Å²) in [4.78, 5) is 10.9. The van der Waals surface area contributed by atoms with Crippen molar-refractivity contribution in [2.24, 2.45) is 0 Å². The normalized spacial score (nSPS) is 12.6. The van der Waals surface area contributed by atoms with Gasteiger partial charge in [-0.2, -0.15) is 0 Å². The molecule has 286 valence electrons. The Hall–Kier alpha value is -6.56. The summed E-state index contributed by atoms with van der Waals surface area (Å²) in [6, 6.07) is 57.5. The number of nitrogens with zero attached hydrogens (tertiary/aromatic N) is 4. The van der Waals surface area contributed by atoms with E-state index in [-0.39, 0.29) is 10.8 Å². The Balaban J connectivity index is 1.22. The standard InChI is InChI=1S/C54H44N4S/c1-53(2,3)35-24-27-44-40(31-35)38-26-28-45-51(52(38)58(44)50-21-12-17-42(55-50)33-14-8-7-9-15-33)39-25-23-36(54(4,5)6)32-46(39)57(45)49-20-13-18-43(56-49)34-22-29-48-41(30-34)37-16-10-11-19-47(37)59-48/h7-32H,1-6H3. The van der Waals surface area contributed by atoms with Gasteiger partial charge in [-0.25, -0.2) is 9.97 Å². The van der Waals surface area contributed by atoms with Crippen molar-refractivity contribution in [1.29, 1.82) is 0 Å². The van der Waals surface area contributed by atoms with Crippen molar-refractivity contribution in [3.63, 3.8) is 0 Å². The van der Waals surface area contributed by atoms with E-state index in [9.17, 15) is 0 Å². The van der Waals surface area contributed by atoms with Crippen molar-refractivity contribution in [3.8, 4) is 34.2 Å². The van der Waals surface area contributed by atoms with Gasteiger partial charge in [-0.15, -0.1) is 11.3 Å². The third-order valence-corrected chi connectivity index (χ3v) is 13.2. The van der Waals surface area contributed by atoms with Crippen LogP contribution in [0.1, 0.15) is 52.7 Å². The van der Waals surface area contributed by atoms with Crippen LogP contribution in [0.15, 0.2) is 158 Å². The first-order valence-electron chi connectivity index (χ1n) is 20.5. The summed E-state index contributed by atoms with van der Waals surface area (Å²) < 4.78 is 7.39. The second-order valence-corrected chi connectivity index (χ2v) is 19.0. The number of fused-ring (bicyclic) bond motifs is 10. The summed E-state index contributed by atoms with van der Waals surface area (Å²) in [5.74, 6) is 1.79. The van der Waals surface area contributed by atoms with Gasteiger partial charge >= 0.3 is 0 Å². The summed E-state index contributed by atoms with van der Waals surface area (Å²) in [6.07, 6.45) is 0. The molecule has 0 spiro atoms. The first-order valence-corrected chi connectivity index (χ1v) is 21.3. The number of thiophene rings is 1. The molecule has 0 aliphatic rings. The number of benzene rings is 6. The molecule has 11 aromatic rings. The molecule has 59 heavy (non-hydrogen) atoms. The number of rotatable bonds is 4. The van der Waals surface area contributed by atoms with Crippen molar-refractivity contribution in [3.05, 3.63) is 169 Å². The van der Waals surface area contributed by atoms with Crippen LogP contribution in [0.4, 0.5) is 0 Å². The molecule has 0 unspecified atom stereocenters. The van der Waals surface area contributed by atoms with Gasteiger partial charge in [0.15, 0.2) is 0 Å². The molecule has 0 saturated heterocycles. The number of pyridine rings is 2. The van der Waals surface area contributed by atoms with Crippen LogP contribution in [-0.2, 0) is 10.8 Å². The van der Waals surface area contributed by atoms with Gasteiger partial charge in [0.2, 0.25) is 0 Å².